The number of non-ortho nitro benzene ring substituents is 1. The number of anilines is 2. The van der Waals surface area contributed by atoms with Crippen LogP contribution in [0.4, 0.5) is 17.1 Å². The maximum Gasteiger partial charge on any atom is 0.271 e. The zero-order valence-corrected chi connectivity index (χ0v) is 13.3. The van der Waals surface area contributed by atoms with E-state index in [-0.39, 0.29) is 11.6 Å². The van der Waals surface area contributed by atoms with Crippen LogP contribution >= 0.6 is 15.9 Å². The van der Waals surface area contributed by atoms with Crippen molar-refractivity contribution >= 4 is 38.9 Å². The van der Waals surface area contributed by atoms with Gasteiger partial charge in [0.25, 0.3) is 5.69 Å². The van der Waals surface area contributed by atoms with Crippen LogP contribution in [-0.2, 0) is 4.79 Å². The quantitative estimate of drug-likeness (QED) is 0.624. The van der Waals surface area contributed by atoms with Crippen molar-refractivity contribution in [3.8, 4) is 0 Å². The number of nitrogens with one attached hydrogen (secondary N) is 2. The van der Waals surface area contributed by atoms with Crippen molar-refractivity contribution in [2.45, 2.75) is 13.0 Å². The second-order valence-corrected chi connectivity index (χ2v) is 5.59. The zero-order chi connectivity index (χ0) is 16.1. The van der Waals surface area contributed by atoms with Crippen molar-refractivity contribution in [1.82, 2.24) is 0 Å². The molecule has 1 amide bonds. The smallest absolute Gasteiger partial charge is 0.271 e. The first-order chi connectivity index (χ1) is 10.5. The van der Waals surface area contributed by atoms with Gasteiger partial charge in [-0.05, 0) is 37.3 Å². The van der Waals surface area contributed by atoms with E-state index in [4.69, 9.17) is 0 Å². The molecule has 2 aromatic carbocycles. The van der Waals surface area contributed by atoms with Gasteiger partial charge in [0.05, 0.1) is 4.92 Å². The number of carbonyl (C=O) groups is 1. The van der Waals surface area contributed by atoms with E-state index >= 15 is 0 Å². The van der Waals surface area contributed by atoms with Crippen LogP contribution in [0.2, 0.25) is 0 Å². The topological polar surface area (TPSA) is 84.3 Å². The molecule has 0 heterocycles. The number of rotatable bonds is 5. The Morgan fingerprint density at radius 3 is 2.50 bits per heavy atom. The van der Waals surface area contributed by atoms with Crippen LogP contribution in [0.3, 0.4) is 0 Å². The number of carbonyl (C=O) groups excluding carboxylic acids is 1. The van der Waals surface area contributed by atoms with Crippen molar-refractivity contribution in [3.05, 3.63) is 63.1 Å². The van der Waals surface area contributed by atoms with Gasteiger partial charge in [0.2, 0.25) is 5.91 Å². The van der Waals surface area contributed by atoms with Gasteiger partial charge in [-0.1, -0.05) is 22.0 Å². The molecule has 1 atom stereocenters. The molecule has 0 bridgehead atoms. The van der Waals surface area contributed by atoms with E-state index in [1.165, 1.54) is 12.1 Å². The monoisotopic (exact) mass is 363 g/mol. The first-order valence-corrected chi connectivity index (χ1v) is 7.32. The van der Waals surface area contributed by atoms with Crippen LogP contribution in [0.1, 0.15) is 6.92 Å². The van der Waals surface area contributed by atoms with E-state index in [1.54, 1.807) is 31.2 Å². The highest BCUT2D eigenvalue weighted by atomic mass is 79.9. The molecular formula is C15H14BrN3O3. The van der Waals surface area contributed by atoms with Crippen molar-refractivity contribution in [1.29, 1.82) is 0 Å². The fourth-order valence-electron chi connectivity index (χ4n) is 1.81. The molecule has 7 heteroatoms. The third-order valence-electron chi connectivity index (χ3n) is 2.95. The summed E-state index contributed by atoms with van der Waals surface area (Å²) in [5, 5.41) is 16.4. The van der Waals surface area contributed by atoms with E-state index in [9.17, 15) is 14.9 Å². The Morgan fingerprint density at radius 1 is 1.18 bits per heavy atom. The first kappa shape index (κ1) is 16.0. The lowest BCUT2D eigenvalue weighted by molar-refractivity contribution is -0.384. The number of hydrogen-bond donors (Lipinski definition) is 2. The first-order valence-electron chi connectivity index (χ1n) is 6.53. The van der Waals surface area contributed by atoms with E-state index < -0.39 is 11.0 Å². The van der Waals surface area contributed by atoms with Gasteiger partial charge >= 0.3 is 0 Å². The summed E-state index contributed by atoms with van der Waals surface area (Å²) in [6.07, 6.45) is 0. The van der Waals surface area contributed by atoms with Gasteiger partial charge in [-0.3, -0.25) is 14.9 Å². The fourth-order valence-corrected chi connectivity index (χ4v) is 2.07. The van der Waals surface area contributed by atoms with E-state index in [0.29, 0.717) is 11.4 Å². The minimum Gasteiger partial charge on any atom is -0.374 e. The third kappa shape index (κ3) is 4.29. The number of nitro benzene ring substituents is 1. The Morgan fingerprint density at radius 2 is 1.86 bits per heavy atom. The lowest BCUT2D eigenvalue weighted by Gasteiger charge is -2.15. The maximum atomic E-state index is 12.1. The fraction of sp³-hybridized carbons (Fsp3) is 0.133. The number of nitrogens with zero attached hydrogens (tertiary/aromatic N) is 1. The summed E-state index contributed by atoms with van der Waals surface area (Å²) in [7, 11) is 0. The molecule has 0 saturated carbocycles. The predicted molar refractivity (Wildman–Crippen MR) is 89.0 cm³/mol. The second-order valence-electron chi connectivity index (χ2n) is 4.67. The Labute approximate surface area is 135 Å². The predicted octanol–water partition coefficient (Wildman–Crippen LogP) is 3.80. The van der Waals surface area contributed by atoms with Gasteiger partial charge in [-0.25, -0.2) is 0 Å². The standard InChI is InChI=1S/C15H14BrN3O3/c1-10(15(20)18-12-7-5-11(16)6-8-12)17-13-3-2-4-14(9-13)19(21)22/h2-10,17H,1H3,(H,18,20)/t10-/m0/s1. The molecule has 0 aliphatic heterocycles. The van der Waals surface area contributed by atoms with Gasteiger partial charge in [0.15, 0.2) is 0 Å². The molecule has 6 nitrogen and oxygen atoms in total. The Kier molecular flexibility index (Phi) is 5.11. The van der Waals surface area contributed by atoms with Crippen LogP contribution < -0.4 is 10.6 Å². The molecular weight excluding hydrogens is 350 g/mol. The molecule has 0 fully saturated rings. The van der Waals surface area contributed by atoms with E-state index in [1.807, 2.05) is 12.1 Å². The lowest BCUT2D eigenvalue weighted by Crippen LogP contribution is -2.31. The van der Waals surface area contributed by atoms with Gasteiger partial charge in [-0.2, -0.15) is 0 Å². The highest BCUT2D eigenvalue weighted by molar-refractivity contribution is 9.10. The van der Waals surface area contributed by atoms with Crippen molar-refractivity contribution in [3.63, 3.8) is 0 Å². The molecule has 0 saturated heterocycles. The van der Waals surface area contributed by atoms with Crippen molar-refractivity contribution < 1.29 is 9.72 Å². The van der Waals surface area contributed by atoms with Crippen molar-refractivity contribution in [2.24, 2.45) is 0 Å². The summed E-state index contributed by atoms with van der Waals surface area (Å²) in [6.45, 7) is 1.69. The van der Waals surface area contributed by atoms with Crippen LogP contribution in [-0.4, -0.2) is 16.9 Å². The van der Waals surface area contributed by atoms with Crippen LogP contribution in [0.15, 0.2) is 53.0 Å². The summed E-state index contributed by atoms with van der Waals surface area (Å²) in [4.78, 5) is 22.4. The highest BCUT2D eigenvalue weighted by Crippen LogP contribution is 2.18. The Bertz CT molecular complexity index is 689. The van der Waals surface area contributed by atoms with E-state index in [0.717, 1.165) is 4.47 Å². The van der Waals surface area contributed by atoms with Gasteiger partial charge in [0, 0.05) is 28.0 Å². The molecule has 114 valence electrons. The average molecular weight is 364 g/mol. The Balaban J connectivity index is 2.00. The maximum absolute atomic E-state index is 12.1. The normalized spacial score (nSPS) is 11.5. The summed E-state index contributed by atoms with van der Waals surface area (Å²) >= 11 is 3.32. The van der Waals surface area contributed by atoms with Crippen LogP contribution in [0.25, 0.3) is 0 Å². The second kappa shape index (κ2) is 7.04. The molecule has 0 aliphatic rings. The number of hydrogen-bond acceptors (Lipinski definition) is 4. The number of amides is 1. The van der Waals surface area contributed by atoms with E-state index in [2.05, 4.69) is 26.6 Å². The zero-order valence-electron chi connectivity index (χ0n) is 11.7. The summed E-state index contributed by atoms with van der Waals surface area (Å²) in [6, 6.07) is 12.7. The summed E-state index contributed by atoms with van der Waals surface area (Å²) < 4.78 is 0.924. The molecule has 0 unspecified atom stereocenters. The molecule has 22 heavy (non-hydrogen) atoms. The summed E-state index contributed by atoms with van der Waals surface area (Å²) in [5.41, 5.74) is 1.18. The molecule has 0 radical (unpaired) electrons. The van der Waals surface area contributed by atoms with Crippen LogP contribution in [0.5, 0.6) is 0 Å². The number of nitro groups is 1. The third-order valence-corrected chi connectivity index (χ3v) is 3.47. The largest absolute Gasteiger partial charge is 0.374 e. The SMILES string of the molecule is C[C@H](Nc1cccc([N+](=O)[O-])c1)C(=O)Nc1ccc(Br)cc1. The van der Waals surface area contributed by atoms with Gasteiger partial charge in [-0.15, -0.1) is 0 Å². The molecule has 2 N–H and O–H groups in total. The van der Waals surface area contributed by atoms with Gasteiger partial charge in [0.1, 0.15) is 6.04 Å². The Hall–Kier alpha value is -2.41. The van der Waals surface area contributed by atoms with Gasteiger partial charge < -0.3 is 10.6 Å². The van der Waals surface area contributed by atoms with Crippen molar-refractivity contribution in [2.75, 3.05) is 10.6 Å². The summed E-state index contributed by atoms with van der Waals surface area (Å²) in [5.74, 6) is -0.228. The average Bonchev–Trinajstić information content (AvgIpc) is 2.49. The molecule has 2 rings (SSSR count). The molecule has 0 aliphatic carbocycles. The lowest BCUT2D eigenvalue weighted by atomic mass is 10.2. The minimum atomic E-state index is -0.536. The number of benzene rings is 2. The number of halogens is 1. The van der Waals surface area contributed by atoms with Crippen LogP contribution in [0, 0.1) is 10.1 Å². The minimum absolute atomic E-state index is 0.0227. The molecule has 0 aromatic heterocycles. The highest BCUT2D eigenvalue weighted by Gasteiger charge is 2.14. The molecule has 0 spiro atoms. The molecule has 2 aromatic rings.